The fourth-order valence-electron chi connectivity index (χ4n) is 0.835. The Morgan fingerprint density at radius 3 is 2.36 bits per heavy atom. The van der Waals surface area contributed by atoms with E-state index < -0.39 is 28.0 Å². The zero-order valence-electron chi connectivity index (χ0n) is 6.46. The van der Waals surface area contributed by atoms with E-state index in [1.165, 1.54) is 4.98 Å². The molecule has 1 heterocycles. The molecule has 0 unspecified atom stereocenters. The number of alkyl halides is 3. The van der Waals surface area contributed by atoms with Gasteiger partial charge in [-0.05, 0) is 0 Å². The molecule has 0 aliphatic rings. The molecule has 1 aromatic rings. The Bertz CT molecular complexity index is 423. The number of nitro groups is 1. The van der Waals surface area contributed by atoms with E-state index in [1.807, 2.05) is 0 Å². The molecule has 14 heavy (non-hydrogen) atoms. The van der Waals surface area contributed by atoms with Crippen LogP contribution >= 0.6 is 0 Å². The van der Waals surface area contributed by atoms with Crippen LogP contribution < -0.4 is 5.56 Å². The van der Waals surface area contributed by atoms with Crippen LogP contribution in [-0.2, 0) is 6.18 Å². The lowest BCUT2D eigenvalue weighted by Crippen LogP contribution is -2.17. The second-order valence-corrected chi connectivity index (χ2v) is 2.34. The van der Waals surface area contributed by atoms with E-state index in [9.17, 15) is 28.1 Å². The summed E-state index contributed by atoms with van der Waals surface area (Å²) < 4.78 is 36.3. The first-order chi connectivity index (χ1) is 6.32. The Labute approximate surface area is 74.3 Å². The summed E-state index contributed by atoms with van der Waals surface area (Å²) >= 11 is 0. The fourth-order valence-corrected chi connectivity index (χ4v) is 0.835. The number of pyridine rings is 1. The van der Waals surface area contributed by atoms with Gasteiger partial charge in [0.2, 0.25) is 11.3 Å². The fraction of sp³-hybridized carbons (Fsp3) is 0.167. The minimum absolute atomic E-state index is 0.516. The molecule has 76 valence electrons. The van der Waals surface area contributed by atoms with Crippen LogP contribution in [0.3, 0.4) is 0 Å². The standard InChI is InChI=1S/C6H3F3N2O3/c7-6(8,9)5-3(11(13)14)1-2-4(12)10-5/h1-2H,(H,10,12). The third-order valence-corrected chi connectivity index (χ3v) is 1.38. The molecule has 0 spiro atoms. The maximum absolute atomic E-state index is 12.1. The summed E-state index contributed by atoms with van der Waals surface area (Å²) in [5.41, 5.74) is -3.85. The van der Waals surface area contributed by atoms with Crippen molar-refractivity contribution in [2.24, 2.45) is 0 Å². The molecule has 0 radical (unpaired) electrons. The monoisotopic (exact) mass is 208 g/mol. The van der Waals surface area contributed by atoms with Crippen LogP contribution in [0.5, 0.6) is 0 Å². The second kappa shape index (κ2) is 3.13. The highest BCUT2D eigenvalue weighted by molar-refractivity contribution is 5.36. The van der Waals surface area contributed by atoms with E-state index in [0.717, 1.165) is 0 Å². The molecular weight excluding hydrogens is 205 g/mol. The predicted molar refractivity (Wildman–Crippen MR) is 38.7 cm³/mol. The zero-order valence-corrected chi connectivity index (χ0v) is 6.46. The SMILES string of the molecule is O=c1ccc([N+](=O)[O-])c(C(F)(F)F)[nH]1. The van der Waals surface area contributed by atoms with Crippen molar-refractivity contribution >= 4 is 5.69 Å². The van der Waals surface area contributed by atoms with Crippen LogP contribution in [0.1, 0.15) is 5.69 Å². The first kappa shape index (κ1) is 10.2. The average molecular weight is 208 g/mol. The molecule has 0 saturated carbocycles. The van der Waals surface area contributed by atoms with Crippen LogP contribution in [0.2, 0.25) is 0 Å². The van der Waals surface area contributed by atoms with Crippen molar-refractivity contribution in [1.29, 1.82) is 0 Å². The highest BCUT2D eigenvalue weighted by atomic mass is 19.4. The summed E-state index contributed by atoms with van der Waals surface area (Å²) in [5.74, 6) is 0. The lowest BCUT2D eigenvalue weighted by molar-refractivity contribution is -0.388. The molecule has 0 aliphatic carbocycles. The lowest BCUT2D eigenvalue weighted by atomic mass is 10.3. The van der Waals surface area contributed by atoms with Gasteiger partial charge in [0.05, 0.1) is 4.92 Å². The summed E-state index contributed by atoms with van der Waals surface area (Å²) in [6.07, 6.45) is -4.94. The summed E-state index contributed by atoms with van der Waals surface area (Å²) in [5, 5.41) is 10.2. The van der Waals surface area contributed by atoms with Crippen LogP contribution in [0.4, 0.5) is 18.9 Å². The highest BCUT2D eigenvalue weighted by Crippen LogP contribution is 2.32. The molecule has 0 aliphatic heterocycles. The molecule has 1 rings (SSSR count). The highest BCUT2D eigenvalue weighted by Gasteiger charge is 2.39. The van der Waals surface area contributed by atoms with Gasteiger partial charge in [-0.2, -0.15) is 13.2 Å². The minimum Gasteiger partial charge on any atom is -0.313 e. The normalized spacial score (nSPS) is 11.4. The van der Waals surface area contributed by atoms with Crippen molar-refractivity contribution < 1.29 is 18.1 Å². The van der Waals surface area contributed by atoms with Gasteiger partial charge in [-0.3, -0.25) is 14.9 Å². The number of H-pyrrole nitrogens is 1. The first-order valence-electron chi connectivity index (χ1n) is 3.27. The van der Waals surface area contributed by atoms with E-state index in [2.05, 4.69) is 0 Å². The molecule has 0 bridgehead atoms. The predicted octanol–water partition coefficient (Wildman–Crippen LogP) is 1.30. The van der Waals surface area contributed by atoms with Crippen molar-refractivity contribution in [2.75, 3.05) is 0 Å². The number of hydrogen-bond donors (Lipinski definition) is 1. The van der Waals surface area contributed by atoms with Gasteiger partial charge in [0.25, 0.3) is 5.69 Å². The van der Waals surface area contributed by atoms with E-state index in [0.29, 0.717) is 12.1 Å². The maximum Gasteiger partial charge on any atom is 0.438 e. The lowest BCUT2D eigenvalue weighted by Gasteiger charge is -2.05. The zero-order chi connectivity index (χ0) is 10.9. The van der Waals surface area contributed by atoms with Gasteiger partial charge in [-0.1, -0.05) is 0 Å². The molecule has 1 N–H and O–H groups in total. The smallest absolute Gasteiger partial charge is 0.313 e. The Hall–Kier alpha value is -1.86. The van der Waals surface area contributed by atoms with E-state index in [-0.39, 0.29) is 0 Å². The molecule has 0 atom stereocenters. The van der Waals surface area contributed by atoms with E-state index in [1.54, 1.807) is 0 Å². The molecule has 0 amide bonds. The quantitative estimate of drug-likeness (QED) is 0.558. The van der Waals surface area contributed by atoms with Crippen molar-refractivity contribution in [3.05, 3.63) is 38.3 Å². The number of halogens is 3. The van der Waals surface area contributed by atoms with Gasteiger partial charge in [-0.25, -0.2) is 0 Å². The molecule has 0 aromatic carbocycles. The van der Waals surface area contributed by atoms with Gasteiger partial charge >= 0.3 is 6.18 Å². The van der Waals surface area contributed by atoms with Crippen LogP contribution in [-0.4, -0.2) is 9.91 Å². The molecule has 5 nitrogen and oxygen atoms in total. The van der Waals surface area contributed by atoms with Gasteiger partial charge in [0.1, 0.15) is 0 Å². The number of hydrogen-bond acceptors (Lipinski definition) is 3. The van der Waals surface area contributed by atoms with Crippen molar-refractivity contribution in [3.8, 4) is 0 Å². The van der Waals surface area contributed by atoms with Crippen molar-refractivity contribution in [3.63, 3.8) is 0 Å². The van der Waals surface area contributed by atoms with E-state index in [4.69, 9.17) is 0 Å². The summed E-state index contributed by atoms with van der Waals surface area (Å²) in [7, 11) is 0. The second-order valence-electron chi connectivity index (χ2n) is 2.34. The summed E-state index contributed by atoms with van der Waals surface area (Å²) in [6, 6.07) is 1.18. The molecule has 0 saturated heterocycles. The van der Waals surface area contributed by atoms with Crippen LogP contribution in [0.15, 0.2) is 16.9 Å². The van der Waals surface area contributed by atoms with E-state index >= 15 is 0 Å². The molecule has 8 heteroatoms. The molecule has 1 aromatic heterocycles. The maximum atomic E-state index is 12.1. The van der Waals surface area contributed by atoms with Crippen molar-refractivity contribution in [1.82, 2.24) is 4.98 Å². The first-order valence-corrected chi connectivity index (χ1v) is 3.27. The summed E-state index contributed by atoms with van der Waals surface area (Å²) in [4.78, 5) is 20.9. The van der Waals surface area contributed by atoms with Gasteiger partial charge in [0, 0.05) is 12.1 Å². The Morgan fingerprint density at radius 2 is 1.93 bits per heavy atom. The average Bonchev–Trinajstić information content (AvgIpc) is 2.01. The van der Waals surface area contributed by atoms with Gasteiger partial charge < -0.3 is 4.98 Å². The number of aromatic amines is 1. The molecule has 0 fully saturated rings. The Balaban J connectivity index is 3.45. The third-order valence-electron chi connectivity index (χ3n) is 1.38. The number of nitrogens with zero attached hydrogens (tertiary/aromatic N) is 1. The number of nitrogens with one attached hydrogen (secondary N) is 1. The van der Waals surface area contributed by atoms with Gasteiger partial charge in [0.15, 0.2) is 0 Å². The summed E-state index contributed by atoms with van der Waals surface area (Å²) in [6.45, 7) is 0. The van der Waals surface area contributed by atoms with Crippen LogP contribution in [0, 0.1) is 10.1 Å². The van der Waals surface area contributed by atoms with Crippen LogP contribution in [0.25, 0.3) is 0 Å². The van der Waals surface area contributed by atoms with Gasteiger partial charge in [-0.15, -0.1) is 0 Å². The Morgan fingerprint density at radius 1 is 1.36 bits per heavy atom. The van der Waals surface area contributed by atoms with Crippen molar-refractivity contribution in [2.45, 2.75) is 6.18 Å². The Kier molecular flexibility index (Phi) is 2.28. The minimum atomic E-state index is -4.94. The molecular formula is C6H3F3N2O3. The largest absolute Gasteiger partial charge is 0.438 e. The third kappa shape index (κ3) is 1.90. The topological polar surface area (TPSA) is 76.0 Å². The number of aromatic nitrogens is 1. The number of rotatable bonds is 1.